The third-order valence-electron chi connectivity index (χ3n) is 0.387. The minimum absolute atomic E-state index is 0.721. The molecule has 0 amide bonds. The predicted octanol–water partition coefficient (Wildman–Crippen LogP) is 2.73. The number of rotatable bonds is 0. The van der Waals surface area contributed by atoms with E-state index in [1.54, 1.807) is 0 Å². The van der Waals surface area contributed by atoms with Crippen LogP contribution in [-0.4, -0.2) is 0 Å². The highest BCUT2D eigenvalue weighted by Gasteiger charge is 2.15. The molecule has 0 aromatic rings. The highest BCUT2D eigenvalue weighted by molar-refractivity contribution is 14.1. The molecule has 0 aromatic heterocycles. The van der Waals surface area contributed by atoms with Gasteiger partial charge in [-0.3, -0.25) is 0 Å². The second-order valence-corrected chi connectivity index (χ2v) is 3.54. The van der Waals surface area contributed by atoms with Crippen molar-refractivity contribution in [3.8, 4) is 0 Å². The molecule has 7 heavy (non-hydrogen) atoms. The molecule has 1 unspecified atom stereocenters. The summed E-state index contributed by atoms with van der Waals surface area (Å²) in [5.74, 6) is 0. The van der Waals surface area contributed by atoms with Crippen molar-refractivity contribution in [3.63, 3.8) is 0 Å². The Labute approximate surface area is 60.7 Å². The molecular weight excluding hydrogens is 249 g/mol. The second-order valence-electron chi connectivity index (χ2n) is 0.831. The summed E-state index contributed by atoms with van der Waals surface area (Å²) in [6.07, 6.45) is 1.50. The fraction of sp³-hybridized carbons (Fsp3) is 0. The van der Waals surface area contributed by atoms with Crippen molar-refractivity contribution in [2.45, 2.75) is 0 Å². The van der Waals surface area contributed by atoms with E-state index >= 15 is 0 Å². The molecule has 0 bridgehead atoms. The summed E-state index contributed by atoms with van der Waals surface area (Å²) in [5, 5.41) is 0. The first kappa shape index (κ1) is 5.92. The number of hydrogen-bond acceptors (Lipinski definition) is 2. The van der Waals surface area contributed by atoms with Crippen molar-refractivity contribution < 1.29 is 9.05 Å². The molecule has 40 valence electrons. The Morgan fingerprint density at radius 1 is 1.86 bits per heavy atom. The molecule has 1 atom stereocenters. The van der Waals surface area contributed by atoms with Crippen LogP contribution in [0.15, 0.2) is 10.0 Å². The SMILES string of the molecule is ClP1OC=C(I)O1. The van der Waals surface area contributed by atoms with Gasteiger partial charge in [0.05, 0.1) is 0 Å². The Bertz CT molecular complexity index is 106. The summed E-state index contributed by atoms with van der Waals surface area (Å²) >= 11 is 7.36. The van der Waals surface area contributed by atoms with Crippen molar-refractivity contribution in [1.82, 2.24) is 0 Å². The lowest BCUT2D eigenvalue weighted by atomic mass is 11.1. The second kappa shape index (κ2) is 2.37. The summed E-state index contributed by atoms with van der Waals surface area (Å²) in [6.45, 7) is 0. The standard InChI is InChI=1S/C2HClIO2P/c3-7-5-1-2(4)6-7/h1H. The van der Waals surface area contributed by atoms with Gasteiger partial charge in [0.15, 0.2) is 3.77 Å². The van der Waals surface area contributed by atoms with Gasteiger partial charge in [-0.1, -0.05) is 0 Å². The van der Waals surface area contributed by atoms with Crippen molar-refractivity contribution >= 4 is 41.6 Å². The van der Waals surface area contributed by atoms with Gasteiger partial charge < -0.3 is 9.05 Å². The fourth-order valence-electron chi connectivity index (χ4n) is 0.194. The summed E-state index contributed by atoms with van der Waals surface area (Å²) in [7, 11) is -1.13. The van der Waals surface area contributed by atoms with Gasteiger partial charge in [-0.15, -0.1) is 0 Å². The smallest absolute Gasteiger partial charge is 0.401 e. The molecule has 0 fully saturated rings. The van der Waals surface area contributed by atoms with E-state index in [0.29, 0.717) is 0 Å². The van der Waals surface area contributed by atoms with Crippen molar-refractivity contribution in [2.24, 2.45) is 0 Å². The van der Waals surface area contributed by atoms with E-state index in [2.05, 4.69) is 0 Å². The lowest BCUT2D eigenvalue weighted by Gasteiger charge is -1.93. The van der Waals surface area contributed by atoms with Gasteiger partial charge in [0.1, 0.15) is 6.26 Å². The minimum atomic E-state index is -1.13. The van der Waals surface area contributed by atoms with E-state index in [1.165, 1.54) is 6.26 Å². The zero-order chi connectivity index (χ0) is 5.28. The number of halogens is 2. The Morgan fingerprint density at radius 2 is 2.57 bits per heavy atom. The van der Waals surface area contributed by atoms with Gasteiger partial charge in [-0.05, 0) is 11.2 Å². The van der Waals surface area contributed by atoms with Gasteiger partial charge in [-0.2, -0.15) is 0 Å². The van der Waals surface area contributed by atoms with Crippen LogP contribution < -0.4 is 0 Å². The van der Waals surface area contributed by atoms with Crippen molar-refractivity contribution in [3.05, 3.63) is 10.0 Å². The molecule has 0 N–H and O–H groups in total. The van der Waals surface area contributed by atoms with E-state index < -0.39 is 7.73 Å². The van der Waals surface area contributed by atoms with E-state index in [1.807, 2.05) is 22.6 Å². The van der Waals surface area contributed by atoms with Gasteiger partial charge in [0.25, 0.3) is 0 Å². The van der Waals surface area contributed by atoms with Crippen LogP contribution in [0.2, 0.25) is 0 Å². The van der Waals surface area contributed by atoms with Crippen LogP contribution in [-0.2, 0) is 9.05 Å². The van der Waals surface area contributed by atoms with Crippen LogP contribution in [0, 0.1) is 0 Å². The molecule has 0 spiro atoms. The van der Waals surface area contributed by atoms with E-state index in [4.69, 9.17) is 20.3 Å². The molecule has 1 aliphatic heterocycles. The molecular formula is C2HClIO2P. The molecule has 1 aliphatic rings. The first-order valence-corrected chi connectivity index (χ1v) is 4.61. The lowest BCUT2D eigenvalue weighted by molar-refractivity contribution is 0.494. The van der Waals surface area contributed by atoms with Crippen LogP contribution in [0.25, 0.3) is 0 Å². The molecule has 0 saturated heterocycles. The molecule has 5 heteroatoms. The Kier molecular flexibility index (Phi) is 2.01. The molecule has 0 aromatic carbocycles. The first-order chi connectivity index (χ1) is 3.29. The summed E-state index contributed by atoms with van der Waals surface area (Å²) in [4.78, 5) is 0. The molecule has 1 heterocycles. The van der Waals surface area contributed by atoms with Gasteiger partial charge in [0, 0.05) is 22.6 Å². The topological polar surface area (TPSA) is 18.5 Å². The molecule has 0 saturated carbocycles. The maximum Gasteiger partial charge on any atom is 0.401 e. The first-order valence-electron chi connectivity index (χ1n) is 1.45. The maximum atomic E-state index is 5.37. The molecule has 0 radical (unpaired) electrons. The summed E-state index contributed by atoms with van der Waals surface area (Å²) < 4.78 is 10.2. The predicted molar refractivity (Wildman–Crippen MR) is 37.0 cm³/mol. The van der Waals surface area contributed by atoms with Crippen LogP contribution in [0.5, 0.6) is 0 Å². The van der Waals surface area contributed by atoms with Crippen LogP contribution >= 0.6 is 41.6 Å². The van der Waals surface area contributed by atoms with Gasteiger partial charge in [-0.25, -0.2) is 0 Å². The number of hydrogen-bond donors (Lipinski definition) is 0. The normalized spacial score (nSPS) is 28.3. The van der Waals surface area contributed by atoms with Gasteiger partial charge >= 0.3 is 7.73 Å². The molecule has 0 aliphatic carbocycles. The highest BCUT2D eigenvalue weighted by Crippen LogP contribution is 2.52. The monoisotopic (exact) mass is 250 g/mol. The van der Waals surface area contributed by atoms with Crippen LogP contribution in [0.3, 0.4) is 0 Å². The largest absolute Gasteiger partial charge is 0.431 e. The highest BCUT2D eigenvalue weighted by atomic mass is 127. The summed E-state index contributed by atoms with van der Waals surface area (Å²) in [6, 6.07) is 0. The zero-order valence-electron chi connectivity index (χ0n) is 3.10. The van der Waals surface area contributed by atoms with Gasteiger partial charge in [0.2, 0.25) is 0 Å². The fourth-order valence-corrected chi connectivity index (χ4v) is 2.15. The van der Waals surface area contributed by atoms with Crippen molar-refractivity contribution in [1.29, 1.82) is 0 Å². The van der Waals surface area contributed by atoms with E-state index in [9.17, 15) is 0 Å². The van der Waals surface area contributed by atoms with Crippen molar-refractivity contribution in [2.75, 3.05) is 0 Å². The lowest BCUT2D eigenvalue weighted by Crippen LogP contribution is -1.58. The van der Waals surface area contributed by atoms with Crippen LogP contribution in [0.1, 0.15) is 0 Å². The average Bonchev–Trinajstić information content (AvgIpc) is 1.87. The third-order valence-corrected chi connectivity index (χ3v) is 2.27. The zero-order valence-corrected chi connectivity index (χ0v) is 6.90. The Hall–Kier alpha value is 0.790. The molecule has 2 nitrogen and oxygen atoms in total. The van der Waals surface area contributed by atoms with Crippen LogP contribution in [0.4, 0.5) is 0 Å². The average molecular weight is 250 g/mol. The van der Waals surface area contributed by atoms with E-state index in [0.717, 1.165) is 3.77 Å². The van der Waals surface area contributed by atoms with E-state index in [-0.39, 0.29) is 0 Å². The Balaban J connectivity index is 2.42. The summed E-state index contributed by atoms with van der Waals surface area (Å²) in [5.41, 5.74) is 0. The molecule has 1 rings (SSSR count). The maximum absolute atomic E-state index is 5.37. The Morgan fingerprint density at radius 3 is 2.71 bits per heavy atom. The quantitative estimate of drug-likeness (QED) is 0.486. The minimum Gasteiger partial charge on any atom is -0.431 e. The third kappa shape index (κ3) is 1.63.